The zero-order chi connectivity index (χ0) is 6.69. The maximum Gasteiger partial charge on any atom is 0.146 e. The van der Waals surface area contributed by atoms with Gasteiger partial charge in [0.05, 0.1) is 5.69 Å². The number of nitrogen functional groups attached to an aromatic ring is 1. The molecule has 0 spiro atoms. The highest BCUT2D eigenvalue weighted by atomic mass is 79.9. The van der Waals surface area contributed by atoms with Crippen LogP contribution in [0.2, 0.25) is 0 Å². The van der Waals surface area contributed by atoms with Crippen molar-refractivity contribution in [2.75, 3.05) is 5.73 Å². The number of hydrogen-bond donors (Lipinski definition) is 1. The Bertz CT molecular complexity index is 201. The minimum Gasteiger partial charge on any atom is -0.382 e. The number of rotatable bonds is 1. The number of alkyl halides is 1. The maximum absolute atomic E-state index is 5.43. The standard InChI is InChI=1S/C5H6BrN3/c6-3-4-5(7)9-2-1-8-4/h1-2H,3H2,(H2,7,9). The smallest absolute Gasteiger partial charge is 0.146 e. The Kier molecular flexibility index (Phi) is 2.00. The molecule has 48 valence electrons. The second-order valence-corrected chi connectivity index (χ2v) is 2.08. The molecule has 1 aromatic heterocycles. The largest absolute Gasteiger partial charge is 0.382 e. The van der Waals surface area contributed by atoms with Gasteiger partial charge in [-0.15, -0.1) is 0 Å². The molecule has 0 aliphatic heterocycles. The fourth-order valence-electron chi connectivity index (χ4n) is 0.481. The minimum atomic E-state index is 0.495. The van der Waals surface area contributed by atoms with Gasteiger partial charge in [0, 0.05) is 17.7 Å². The van der Waals surface area contributed by atoms with Gasteiger partial charge in [-0.05, 0) is 0 Å². The summed E-state index contributed by atoms with van der Waals surface area (Å²) in [5.74, 6) is 0.495. The quantitative estimate of drug-likeness (QED) is 0.667. The summed E-state index contributed by atoms with van der Waals surface area (Å²) in [7, 11) is 0. The first-order chi connectivity index (χ1) is 4.34. The molecule has 0 fully saturated rings. The van der Waals surface area contributed by atoms with Gasteiger partial charge >= 0.3 is 0 Å². The summed E-state index contributed by atoms with van der Waals surface area (Å²) in [6.07, 6.45) is 3.19. The summed E-state index contributed by atoms with van der Waals surface area (Å²) in [5, 5.41) is 0.659. The molecule has 9 heavy (non-hydrogen) atoms. The predicted octanol–water partition coefficient (Wildman–Crippen LogP) is 0.954. The van der Waals surface area contributed by atoms with Crippen molar-refractivity contribution in [3.63, 3.8) is 0 Å². The van der Waals surface area contributed by atoms with Gasteiger partial charge in [-0.25, -0.2) is 4.98 Å². The van der Waals surface area contributed by atoms with Crippen LogP contribution in [-0.2, 0) is 5.33 Å². The van der Waals surface area contributed by atoms with Crippen LogP contribution in [0.5, 0.6) is 0 Å². The summed E-state index contributed by atoms with van der Waals surface area (Å²) in [6.45, 7) is 0. The first-order valence-corrected chi connectivity index (χ1v) is 3.58. The van der Waals surface area contributed by atoms with E-state index < -0.39 is 0 Å². The average molecular weight is 188 g/mol. The Morgan fingerprint density at radius 2 is 2.11 bits per heavy atom. The summed E-state index contributed by atoms with van der Waals surface area (Å²) in [4.78, 5) is 7.80. The van der Waals surface area contributed by atoms with Gasteiger partial charge in [0.1, 0.15) is 5.82 Å². The number of nitrogens with two attached hydrogens (primary N) is 1. The van der Waals surface area contributed by atoms with Crippen LogP contribution in [-0.4, -0.2) is 9.97 Å². The Balaban J connectivity index is 3.01. The van der Waals surface area contributed by atoms with E-state index >= 15 is 0 Å². The highest BCUT2D eigenvalue weighted by molar-refractivity contribution is 9.08. The second kappa shape index (κ2) is 2.77. The zero-order valence-electron chi connectivity index (χ0n) is 4.71. The summed E-state index contributed by atoms with van der Waals surface area (Å²) < 4.78 is 0. The van der Waals surface area contributed by atoms with Gasteiger partial charge in [0.2, 0.25) is 0 Å². The summed E-state index contributed by atoms with van der Waals surface area (Å²) in [5.41, 5.74) is 6.22. The number of anilines is 1. The molecule has 2 N–H and O–H groups in total. The van der Waals surface area contributed by atoms with E-state index in [2.05, 4.69) is 25.9 Å². The highest BCUT2D eigenvalue weighted by Crippen LogP contribution is 2.06. The molecule has 0 unspecified atom stereocenters. The first-order valence-electron chi connectivity index (χ1n) is 2.46. The molecule has 1 heterocycles. The molecule has 4 heteroatoms. The van der Waals surface area contributed by atoms with Crippen LogP contribution in [0.15, 0.2) is 12.4 Å². The molecule has 0 aliphatic carbocycles. The third-order valence-electron chi connectivity index (χ3n) is 0.933. The molecule has 0 aromatic carbocycles. The van der Waals surface area contributed by atoms with Gasteiger partial charge in [-0.2, -0.15) is 0 Å². The number of aromatic nitrogens is 2. The molecule has 0 saturated carbocycles. The van der Waals surface area contributed by atoms with Crippen LogP contribution in [0.25, 0.3) is 0 Å². The van der Waals surface area contributed by atoms with Gasteiger partial charge in [-0.1, -0.05) is 15.9 Å². The van der Waals surface area contributed by atoms with Crippen LogP contribution < -0.4 is 5.73 Å². The van der Waals surface area contributed by atoms with Crippen LogP contribution in [0.4, 0.5) is 5.82 Å². The van der Waals surface area contributed by atoms with Gasteiger partial charge < -0.3 is 5.73 Å². The Hall–Kier alpha value is -0.640. The lowest BCUT2D eigenvalue weighted by molar-refractivity contribution is 1.12. The van der Waals surface area contributed by atoms with Gasteiger partial charge in [-0.3, -0.25) is 4.98 Å². The van der Waals surface area contributed by atoms with E-state index in [1.165, 1.54) is 0 Å². The van der Waals surface area contributed by atoms with Crippen molar-refractivity contribution < 1.29 is 0 Å². The van der Waals surface area contributed by atoms with Crippen molar-refractivity contribution in [3.8, 4) is 0 Å². The fraction of sp³-hybridized carbons (Fsp3) is 0.200. The second-order valence-electron chi connectivity index (χ2n) is 1.52. The van der Waals surface area contributed by atoms with E-state index in [1.807, 2.05) is 0 Å². The predicted molar refractivity (Wildman–Crippen MR) is 39.1 cm³/mol. The Morgan fingerprint density at radius 3 is 2.56 bits per heavy atom. The van der Waals surface area contributed by atoms with Crippen LogP contribution >= 0.6 is 15.9 Å². The molecule has 0 amide bonds. The van der Waals surface area contributed by atoms with Crippen molar-refractivity contribution in [2.24, 2.45) is 0 Å². The lowest BCUT2D eigenvalue weighted by atomic mass is 10.5. The highest BCUT2D eigenvalue weighted by Gasteiger charge is 1.95. The number of hydrogen-bond acceptors (Lipinski definition) is 3. The molecule has 0 atom stereocenters. The van der Waals surface area contributed by atoms with E-state index in [-0.39, 0.29) is 0 Å². The molecule has 3 nitrogen and oxygen atoms in total. The third kappa shape index (κ3) is 1.38. The van der Waals surface area contributed by atoms with E-state index in [9.17, 15) is 0 Å². The lowest BCUT2D eigenvalue weighted by Crippen LogP contribution is -1.96. The van der Waals surface area contributed by atoms with Gasteiger partial charge in [0.15, 0.2) is 0 Å². The SMILES string of the molecule is Nc1nccnc1CBr. The van der Waals surface area contributed by atoms with Crippen molar-refractivity contribution in [2.45, 2.75) is 5.33 Å². The number of nitrogens with zero attached hydrogens (tertiary/aromatic N) is 2. The summed E-state index contributed by atoms with van der Waals surface area (Å²) in [6, 6.07) is 0. The minimum absolute atomic E-state index is 0.495. The molecule has 0 radical (unpaired) electrons. The zero-order valence-corrected chi connectivity index (χ0v) is 6.30. The Labute approximate surface area is 61.4 Å². The molecule has 1 aromatic rings. The lowest BCUT2D eigenvalue weighted by Gasteiger charge is -1.95. The topological polar surface area (TPSA) is 51.8 Å². The monoisotopic (exact) mass is 187 g/mol. The molecule has 1 rings (SSSR count). The summed E-state index contributed by atoms with van der Waals surface area (Å²) >= 11 is 3.23. The number of halogens is 1. The third-order valence-corrected chi connectivity index (χ3v) is 1.46. The van der Waals surface area contributed by atoms with E-state index in [0.717, 1.165) is 5.69 Å². The molecular weight excluding hydrogens is 182 g/mol. The van der Waals surface area contributed by atoms with Crippen molar-refractivity contribution >= 4 is 21.7 Å². The molecule has 0 bridgehead atoms. The van der Waals surface area contributed by atoms with Crippen LogP contribution in [0, 0.1) is 0 Å². The van der Waals surface area contributed by atoms with E-state index in [0.29, 0.717) is 11.1 Å². The average Bonchev–Trinajstić information content (AvgIpc) is 1.89. The van der Waals surface area contributed by atoms with Crippen LogP contribution in [0.3, 0.4) is 0 Å². The first kappa shape index (κ1) is 6.48. The van der Waals surface area contributed by atoms with Crippen molar-refractivity contribution in [1.82, 2.24) is 9.97 Å². The molecule has 0 aliphatic rings. The molecular formula is C5H6BrN3. The Morgan fingerprint density at radius 1 is 1.44 bits per heavy atom. The van der Waals surface area contributed by atoms with Gasteiger partial charge in [0.25, 0.3) is 0 Å². The van der Waals surface area contributed by atoms with Crippen molar-refractivity contribution in [1.29, 1.82) is 0 Å². The van der Waals surface area contributed by atoms with E-state index in [1.54, 1.807) is 12.4 Å². The molecule has 0 saturated heterocycles. The van der Waals surface area contributed by atoms with E-state index in [4.69, 9.17) is 5.73 Å². The maximum atomic E-state index is 5.43. The normalized spacial score (nSPS) is 9.44. The fourth-order valence-corrected chi connectivity index (χ4v) is 0.913. The van der Waals surface area contributed by atoms with Crippen molar-refractivity contribution in [3.05, 3.63) is 18.1 Å². The van der Waals surface area contributed by atoms with Crippen LogP contribution in [0.1, 0.15) is 5.69 Å².